The average Bonchev–Trinajstić information content (AvgIpc) is 2.43. The van der Waals surface area contributed by atoms with Gasteiger partial charge in [-0.05, 0) is 11.1 Å². The molecule has 0 aliphatic heterocycles. The summed E-state index contributed by atoms with van der Waals surface area (Å²) < 4.78 is 0. The monoisotopic (exact) mass is 250 g/mol. The van der Waals surface area contributed by atoms with Crippen LogP contribution in [0.4, 0.5) is 0 Å². The first-order chi connectivity index (χ1) is 8.61. The highest BCUT2D eigenvalue weighted by Gasteiger charge is 2.29. The van der Waals surface area contributed by atoms with Gasteiger partial charge in [-0.3, -0.25) is 9.63 Å². The Morgan fingerprint density at radius 3 is 2.61 bits per heavy atom. The number of azide groups is 1. The van der Waals surface area contributed by atoms with Gasteiger partial charge in [0.25, 0.3) is 5.91 Å². The number of amides is 1. The van der Waals surface area contributed by atoms with E-state index in [9.17, 15) is 9.90 Å². The van der Waals surface area contributed by atoms with Crippen molar-refractivity contribution in [3.8, 4) is 0 Å². The second-order valence-electron chi connectivity index (χ2n) is 3.52. The van der Waals surface area contributed by atoms with Gasteiger partial charge in [-0.15, -0.1) is 0 Å². The molecule has 0 aromatic heterocycles. The summed E-state index contributed by atoms with van der Waals surface area (Å²) in [6, 6.07) is 7.59. The van der Waals surface area contributed by atoms with Crippen molar-refractivity contribution in [3.63, 3.8) is 0 Å². The van der Waals surface area contributed by atoms with Gasteiger partial charge in [0.1, 0.15) is 6.10 Å². The van der Waals surface area contributed by atoms with E-state index in [-0.39, 0.29) is 0 Å². The van der Waals surface area contributed by atoms with Crippen molar-refractivity contribution < 1.29 is 14.7 Å². The van der Waals surface area contributed by atoms with Crippen LogP contribution in [0.25, 0.3) is 10.4 Å². The van der Waals surface area contributed by atoms with E-state index in [1.807, 2.05) is 0 Å². The fraction of sp³-hybridized carbons (Fsp3) is 0.364. The van der Waals surface area contributed by atoms with Crippen molar-refractivity contribution >= 4 is 5.91 Å². The minimum absolute atomic E-state index is 0.556. The van der Waals surface area contributed by atoms with Gasteiger partial charge < -0.3 is 5.11 Å². The number of hydroxylamine groups is 2. The molecular weight excluding hydrogens is 236 g/mol. The van der Waals surface area contributed by atoms with E-state index in [0.717, 1.165) is 5.06 Å². The van der Waals surface area contributed by atoms with Gasteiger partial charge >= 0.3 is 0 Å². The fourth-order valence-corrected chi connectivity index (χ4v) is 1.43. The molecule has 0 spiro atoms. The minimum atomic E-state index is -1.49. The fourth-order valence-electron chi connectivity index (χ4n) is 1.43. The lowest BCUT2D eigenvalue weighted by atomic mass is 10.0. The summed E-state index contributed by atoms with van der Waals surface area (Å²) in [6.07, 6.45) is -1.49. The molecule has 18 heavy (non-hydrogen) atoms. The van der Waals surface area contributed by atoms with Gasteiger partial charge in [-0.2, -0.15) is 0 Å². The number of rotatable bonds is 5. The van der Waals surface area contributed by atoms with Gasteiger partial charge in [0.15, 0.2) is 0 Å². The molecule has 2 atom stereocenters. The van der Waals surface area contributed by atoms with Crippen LogP contribution in [0.15, 0.2) is 35.4 Å². The lowest BCUT2D eigenvalue weighted by molar-refractivity contribution is -0.178. The first kappa shape index (κ1) is 14.0. The molecular formula is C11H14N4O3. The Bertz CT molecular complexity index is 445. The molecule has 0 saturated heterocycles. The van der Waals surface area contributed by atoms with Crippen molar-refractivity contribution in [1.82, 2.24) is 5.06 Å². The maximum Gasteiger partial charge on any atom is 0.275 e. The Morgan fingerprint density at radius 2 is 2.11 bits per heavy atom. The maximum absolute atomic E-state index is 11.7. The molecule has 0 aliphatic rings. The molecule has 0 radical (unpaired) electrons. The highest BCUT2D eigenvalue weighted by atomic mass is 16.7. The molecule has 1 N–H and O–H groups in total. The van der Waals surface area contributed by atoms with Crippen molar-refractivity contribution in [2.45, 2.75) is 12.1 Å². The summed E-state index contributed by atoms with van der Waals surface area (Å²) in [5, 5.41) is 14.3. The summed E-state index contributed by atoms with van der Waals surface area (Å²) in [5.41, 5.74) is 9.07. The van der Waals surface area contributed by atoms with Crippen LogP contribution in [0.3, 0.4) is 0 Å². The number of aliphatic hydroxyl groups excluding tert-OH is 1. The van der Waals surface area contributed by atoms with Crippen LogP contribution in [-0.4, -0.2) is 36.3 Å². The van der Waals surface area contributed by atoms with Crippen LogP contribution < -0.4 is 0 Å². The Morgan fingerprint density at radius 1 is 1.50 bits per heavy atom. The van der Waals surface area contributed by atoms with Crippen LogP contribution in [-0.2, 0) is 9.63 Å². The summed E-state index contributed by atoms with van der Waals surface area (Å²) in [5.74, 6) is -0.682. The SMILES string of the molecule is CON(C)C(=O)[C@@H](O)[C@@H](N=[N+]=[N-])c1ccccc1. The molecule has 7 nitrogen and oxygen atoms in total. The number of carbonyl (C=O) groups excluding carboxylic acids is 1. The molecule has 0 aliphatic carbocycles. The molecule has 1 aromatic rings. The Kier molecular flexibility index (Phi) is 5.13. The van der Waals surface area contributed by atoms with E-state index >= 15 is 0 Å². The second-order valence-corrected chi connectivity index (χ2v) is 3.52. The topological polar surface area (TPSA) is 98.5 Å². The molecule has 1 aromatic carbocycles. The zero-order valence-corrected chi connectivity index (χ0v) is 10.1. The van der Waals surface area contributed by atoms with Crippen molar-refractivity contribution in [2.75, 3.05) is 14.2 Å². The number of hydrogen-bond donors (Lipinski definition) is 1. The van der Waals surface area contributed by atoms with E-state index in [4.69, 9.17) is 5.53 Å². The van der Waals surface area contributed by atoms with E-state index in [0.29, 0.717) is 5.56 Å². The molecule has 7 heteroatoms. The van der Waals surface area contributed by atoms with E-state index < -0.39 is 18.1 Å². The number of aliphatic hydroxyl groups is 1. The maximum atomic E-state index is 11.7. The summed E-state index contributed by atoms with van der Waals surface area (Å²) in [4.78, 5) is 19.1. The summed E-state index contributed by atoms with van der Waals surface area (Å²) in [7, 11) is 2.67. The van der Waals surface area contributed by atoms with Gasteiger partial charge in [0.05, 0.1) is 13.2 Å². The number of likely N-dealkylation sites (N-methyl/N-ethyl adjacent to an activating group) is 1. The molecule has 0 bridgehead atoms. The van der Waals surface area contributed by atoms with Crippen LogP contribution in [0.5, 0.6) is 0 Å². The van der Waals surface area contributed by atoms with Crippen LogP contribution in [0.2, 0.25) is 0 Å². The molecule has 0 unspecified atom stereocenters. The zero-order valence-electron chi connectivity index (χ0n) is 10.1. The van der Waals surface area contributed by atoms with E-state index in [1.54, 1.807) is 30.3 Å². The third-order valence-electron chi connectivity index (χ3n) is 2.45. The lowest BCUT2D eigenvalue weighted by Gasteiger charge is -2.22. The van der Waals surface area contributed by atoms with Gasteiger partial charge in [0.2, 0.25) is 0 Å². The third-order valence-corrected chi connectivity index (χ3v) is 2.45. The molecule has 0 fully saturated rings. The molecule has 0 saturated carbocycles. The highest BCUT2D eigenvalue weighted by Crippen LogP contribution is 2.22. The second kappa shape index (κ2) is 6.61. The number of nitrogens with zero attached hydrogens (tertiary/aromatic N) is 4. The predicted octanol–water partition coefficient (Wildman–Crippen LogP) is 1.42. The van der Waals surface area contributed by atoms with Gasteiger partial charge in [-0.25, -0.2) is 5.06 Å². The Balaban J connectivity index is 2.99. The third kappa shape index (κ3) is 3.21. The minimum Gasteiger partial charge on any atom is -0.382 e. The zero-order chi connectivity index (χ0) is 13.5. The lowest BCUT2D eigenvalue weighted by Crippen LogP contribution is -2.38. The first-order valence-electron chi connectivity index (χ1n) is 5.20. The number of benzene rings is 1. The number of hydrogen-bond acceptors (Lipinski definition) is 4. The first-order valence-corrected chi connectivity index (χ1v) is 5.20. The molecule has 0 heterocycles. The van der Waals surface area contributed by atoms with Crippen LogP contribution in [0, 0.1) is 0 Å². The smallest absolute Gasteiger partial charge is 0.275 e. The van der Waals surface area contributed by atoms with Crippen LogP contribution >= 0.6 is 0 Å². The molecule has 96 valence electrons. The van der Waals surface area contributed by atoms with E-state index in [2.05, 4.69) is 14.9 Å². The highest BCUT2D eigenvalue weighted by molar-refractivity contribution is 5.80. The summed E-state index contributed by atoms with van der Waals surface area (Å²) in [6.45, 7) is 0. The van der Waals surface area contributed by atoms with Gasteiger partial charge in [-0.1, -0.05) is 35.4 Å². The quantitative estimate of drug-likeness (QED) is 0.370. The Labute approximate surface area is 104 Å². The Hall–Kier alpha value is -2.08. The normalized spacial score (nSPS) is 13.3. The molecule has 1 amide bonds. The van der Waals surface area contributed by atoms with E-state index in [1.165, 1.54) is 14.2 Å². The largest absolute Gasteiger partial charge is 0.382 e. The van der Waals surface area contributed by atoms with Gasteiger partial charge in [0, 0.05) is 12.0 Å². The van der Waals surface area contributed by atoms with Crippen molar-refractivity contribution in [1.29, 1.82) is 0 Å². The predicted molar refractivity (Wildman–Crippen MR) is 64.1 cm³/mol. The van der Waals surface area contributed by atoms with Crippen molar-refractivity contribution in [3.05, 3.63) is 46.3 Å². The summed E-state index contributed by atoms with van der Waals surface area (Å²) >= 11 is 0. The van der Waals surface area contributed by atoms with Crippen molar-refractivity contribution in [2.24, 2.45) is 5.11 Å². The average molecular weight is 250 g/mol. The molecule has 1 rings (SSSR count). The van der Waals surface area contributed by atoms with Crippen LogP contribution in [0.1, 0.15) is 11.6 Å². The standard InChI is InChI=1S/C11H14N4O3/c1-15(18-2)11(17)10(16)9(13-14-12)8-6-4-3-5-7-8/h3-7,9-10,16H,1-2H3/t9-,10-/m0/s1. The number of carbonyl (C=O) groups is 1.